The Hall–Kier alpha value is -2.76. The van der Waals surface area contributed by atoms with Crippen molar-refractivity contribution >= 4 is 39.2 Å². The van der Waals surface area contributed by atoms with E-state index in [1.807, 2.05) is 32.2 Å². The second-order valence-corrected chi connectivity index (χ2v) is 21.6. The molecule has 0 N–H and O–H groups in total. The molecule has 0 amide bonds. The second-order valence-electron chi connectivity index (χ2n) is 9.99. The van der Waals surface area contributed by atoms with E-state index in [1.165, 1.54) is 20.2 Å². The summed E-state index contributed by atoms with van der Waals surface area (Å²) in [4.78, 5) is 9.98. The van der Waals surface area contributed by atoms with Crippen molar-refractivity contribution in [3.05, 3.63) is 90.6 Å². The molecule has 0 saturated heterocycles. The molecule has 2 heterocycles. The van der Waals surface area contributed by atoms with Crippen LogP contribution in [0.2, 0.25) is 17.3 Å². The zero-order valence-electron chi connectivity index (χ0n) is 21.4. The van der Waals surface area contributed by atoms with Gasteiger partial charge in [0.05, 0.1) is 0 Å². The summed E-state index contributed by atoms with van der Waals surface area (Å²) in [6.45, 7) is 3.96. The van der Waals surface area contributed by atoms with Crippen molar-refractivity contribution in [3.8, 4) is 33.0 Å². The number of aromatic nitrogens is 2. The van der Waals surface area contributed by atoms with E-state index < -0.39 is 19.2 Å². The van der Waals surface area contributed by atoms with E-state index in [0.717, 1.165) is 32.9 Å². The molecule has 4 heteroatoms. The van der Waals surface area contributed by atoms with Gasteiger partial charge in [0.1, 0.15) is 0 Å². The van der Waals surface area contributed by atoms with Crippen LogP contribution in [0, 0.1) is 0 Å². The Labute approximate surface area is 210 Å². The fourth-order valence-electron chi connectivity index (χ4n) is 4.34. The molecule has 2 nitrogen and oxygen atoms in total. The van der Waals surface area contributed by atoms with E-state index >= 15 is 0 Å². The topological polar surface area (TPSA) is 25.8 Å². The van der Waals surface area contributed by atoms with E-state index in [2.05, 4.69) is 84.0 Å². The van der Waals surface area contributed by atoms with Gasteiger partial charge in [0.25, 0.3) is 0 Å². The Bertz CT molecular complexity index is 1500. The molecule has 0 atom stereocenters. The van der Waals surface area contributed by atoms with E-state index in [0.29, 0.717) is 0 Å². The van der Waals surface area contributed by atoms with Crippen LogP contribution in [0.3, 0.4) is 0 Å². The summed E-state index contributed by atoms with van der Waals surface area (Å²) in [5.74, 6) is 6.42. The molecule has 170 valence electrons. The van der Waals surface area contributed by atoms with Crippen LogP contribution in [0.4, 0.5) is 0 Å². The SMILES string of the molecule is [2H]C(C)(C)c1cc(-c2cc(-c3ccccc3)c3sc(-c4ccccc4)nc3c2)nc[c]1[Ge]([CH3])([CH3])[CH3]. The van der Waals surface area contributed by atoms with Gasteiger partial charge in [0.2, 0.25) is 0 Å². The normalized spacial score (nSPS) is 12.7. The quantitative estimate of drug-likeness (QED) is 0.216. The maximum absolute atomic E-state index is 8.85. The molecule has 0 aliphatic rings. The van der Waals surface area contributed by atoms with E-state index in [9.17, 15) is 0 Å². The van der Waals surface area contributed by atoms with Crippen molar-refractivity contribution in [2.24, 2.45) is 0 Å². The molecule has 0 bridgehead atoms. The van der Waals surface area contributed by atoms with Gasteiger partial charge in [-0.15, -0.1) is 0 Å². The second kappa shape index (κ2) is 9.12. The summed E-state index contributed by atoms with van der Waals surface area (Å²) in [5.41, 5.74) is 7.50. The molecule has 0 aliphatic carbocycles. The fourth-order valence-corrected chi connectivity index (χ4v) is 8.75. The predicted molar refractivity (Wildman–Crippen MR) is 151 cm³/mol. The molecule has 3 aromatic carbocycles. The number of hydrogen-bond acceptors (Lipinski definition) is 3. The first kappa shape index (κ1) is 21.8. The van der Waals surface area contributed by atoms with Gasteiger partial charge in [-0.3, -0.25) is 0 Å². The summed E-state index contributed by atoms with van der Waals surface area (Å²) in [5, 5.41) is 1.02. The van der Waals surface area contributed by atoms with Gasteiger partial charge < -0.3 is 0 Å². The molecular weight excluding hydrogens is 493 g/mol. The summed E-state index contributed by atoms with van der Waals surface area (Å²) in [7, 11) is 0. The number of hydrogen-bond donors (Lipinski definition) is 0. The van der Waals surface area contributed by atoms with Gasteiger partial charge in [-0.25, -0.2) is 0 Å². The number of rotatable bonds is 5. The first-order chi connectivity index (χ1) is 16.6. The molecule has 5 aromatic rings. The fraction of sp³-hybridized carbons (Fsp3) is 0.200. The van der Waals surface area contributed by atoms with Crippen LogP contribution in [-0.4, -0.2) is 23.2 Å². The van der Waals surface area contributed by atoms with Crippen molar-refractivity contribution in [1.29, 1.82) is 0 Å². The summed E-state index contributed by atoms with van der Waals surface area (Å²) >= 11 is -0.457. The van der Waals surface area contributed by atoms with Crippen LogP contribution in [-0.2, 0) is 0 Å². The minimum atomic E-state index is -2.19. The van der Waals surface area contributed by atoms with Gasteiger partial charge in [0.15, 0.2) is 0 Å². The third-order valence-corrected chi connectivity index (χ3v) is 11.5. The average molecular weight is 524 g/mol. The molecule has 0 saturated carbocycles. The number of pyridine rings is 1. The molecule has 2 aromatic heterocycles. The minimum absolute atomic E-state index is 0.682. The van der Waals surface area contributed by atoms with Crippen LogP contribution < -0.4 is 4.40 Å². The van der Waals surface area contributed by atoms with Gasteiger partial charge in [-0.2, -0.15) is 0 Å². The van der Waals surface area contributed by atoms with E-state index in [4.69, 9.17) is 11.3 Å². The van der Waals surface area contributed by atoms with Gasteiger partial charge in [0, 0.05) is 0 Å². The van der Waals surface area contributed by atoms with Crippen LogP contribution in [0.15, 0.2) is 85.1 Å². The Balaban J connectivity index is 1.75. The van der Waals surface area contributed by atoms with Crippen molar-refractivity contribution in [1.82, 2.24) is 9.97 Å². The molecule has 0 unspecified atom stereocenters. The van der Waals surface area contributed by atoms with E-state index in [1.54, 1.807) is 11.3 Å². The zero-order valence-corrected chi connectivity index (χ0v) is 23.3. The Morgan fingerprint density at radius 2 is 1.47 bits per heavy atom. The first-order valence-electron chi connectivity index (χ1n) is 12.2. The van der Waals surface area contributed by atoms with Crippen molar-refractivity contribution in [3.63, 3.8) is 0 Å². The average Bonchev–Trinajstić information content (AvgIpc) is 3.27. The monoisotopic (exact) mass is 525 g/mol. The van der Waals surface area contributed by atoms with E-state index in [-0.39, 0.29) is 0 Å². The van der Waals surface area contributed by atoms with Crippen molar-refractivity contribution in [2.45, 2.75) is 37.0 Å². The number of thiazole rings is 1. The Morgan fingerprint density at radius 3 is 2.09 bits per heavy atom. The van der Waals surface area contributed by atoms with Crippen LogP contribution in [0.5, 0.6) is 0 Å². The molecule has 34 heavy (non-hydrogen) atoms. The van der Waals surface area contributed by atoms with Gasteiger partial charge >= 0.3 is 205 Å². The van der Waals surface area contributed by atoms with Crippen LogP contribution in [0.25, 0.3) is 43.2 Å². The van der Waals surface area contributed by atoms with Crippen LogP contribution >= 0.6 is 11.3 Å². The molecular formula is C30H30GeN2S. The van der Waals surface area contributed by atoms with Crippen molar-refractivity contribution in [2.75, 3.05) is 0 Å². The van der Waals surface area contributed by atoms with Gasteiger partial charge in [-0.05, 0) is 0 Å². The molecule has 0 radical (unpaired) electrons. The summed E-state index contributed by atoms with van der Waals surface area (Å²) in [6, 6.07) is 27.4. The molecule has 0 aliphatic heterocycles. The molecule has 5 rings (SSSR count). The third-order valence-electron chi connectivity index (χ3n) is 6.14. The van der Waals surface area contributed by atoms with Gasteiger partial charge in [-0.1, -0.05) is 6.07 Å². The van der Waals surface area contributed by atoms with Crippen LogP contribution in [0.1, 0.15) is 26.7 Å². The summed E-state index contributed by atoms with van der Waals surface area (Å²) < 4.78 is 11.3. The number of benzene rings is 3. The number of nitrogens with zero attached hydrogens (tertiary/aromatic N) is 2. The maximum atomic E-state index is 8.85. The predicted octanol–water partition coefficient (Wildman–Crippen LogP) is 8.36. The number of fused-ring (bicyclic) bond motifs is 1. The zero-order chi connectivity index (χ0) is 24.8. The summed E-state index contributed by atoms with van der Waals surface area (Å²) in [6.07, 6.45) is 2.05. The third kappa shape index (κ3) is 4.47. The molecule has 0 spiro atoms. The Morgan fingerprint density at radius 1 is 0.824 bits per heavy atom. The molecule has 0 fully saturated rings. The van der Waals surface area contributed by atoms with Crippen molar-refractivity contribution < 1.29 is 1.37 Å². The standard InChI is InChI=1S/C30H30GeN2S/c1-20(2)24-18-27(32-19-26(24)31(3,4)5)23-16-25(21-12-8-6-9-13-21)29-28(17-23)33-30(34-29)22-14-10-7-11-15-22/h6-20H,1-5H3/i20D. The first-order valence-corrected chi connectivity index (χ1v) is 19.8. The Kier molecular flexibility index (Phi) is 5.84.